The monoisotopic (exact) mass is 609 g/mol. The van der Waals surface area contributed by atoms with E-state index in [2.05, 4.69) is 9.97 Å². The third kappa shape index (κ3) is 7.93. The molecular weight excluding hydrogens is 574 g/mol. The first-order valence-corrected chi connectivity index (χ1v) is 15.6. The molecule has 8 nitrogen and oxygen atoms in total. The summed E-state index contributed by atoms with van der Waals surface area (Å²) in [6.45, 7) is 2.64. The fraction of sp³-hybridized carbons (Fsp3) is 0.229. The van der Waals surface area contributed by atoms with Crippen LogP contribution in [0.25, 0.3) is 11.3 Å². The molecule has 0 aliphatic heterocycles. The molecular formula is C35H35N3O5S. The maximum Gasteiger partial charge on any atom is 0.343 e. The Kier molecular flexibility index (Phi) is 10.5. The van der Waals surface area contributed by atoms with Gasteiger partial charge in [0.1, 0.15) is 5.75 Å². The van der Waals surface area contributed by atoms with Crippen molar-refractivity contribution >= 4 is 11.2 Å². The first-order valence-electron chi connectivity index (χ1n) is 14.3. The van der Waals surface area contributed by atoms with E-state index in [1.165, 1.54) is 6.07 Å². The zero-order valence-electron chi connectivity index (χ0n) is 25.0. The second kappa shape index (κ2) is 14.8. The number of hydrogen-bond donors (Lipinski definition) is 0. The van der Waals surface area contributed by atoms with Crippen LogP contribution in [0.2, 0.25) is 0 Å². The second-order valence-electron chi connectivity index (χ2n) is 10.3. The van der Waals surface area contributed by atoms with Gasteiger partial charge in [-0.25, -0.2) is 0 Å². The van der Waals surface area contributed by atoms with Gasteiger partial charge in [0.05, 0.1) is 39.2 Å². The number of rotatable bonds is 13. The summed E-state index contributed by atoms with van der Waals surface area (Å²) < 4.78 is 32.2. The fourth-order valence-electron chi connectivity index (χ4n) is 4.86. The Labute approximate surface area is 260 Å². The molecule has 44 heavy (non-hydrogen) atoms. The maximum atomic E-state index is 13.5. The molecule has 2 atom stereocenters. The Bertz CT molecular complexity index is 1730. The van der Waals surface area contributed by atoms with Crippen LogP contribution in [-0.2, 0) is 29.1 Å². The van der Waals surface area contributed by atoms with Gasteiger partial charge < -0.3 is 23.3 Å². The Morgan fingerprint density at radius 3 is 2.30 bits per heavy atom. The quantitative estimate of drug-likeness (QED) is 0.117. The minimum Gasteiger partial charge on any atom is -0.609 e. The number of nitrogens with zero attached hydrogens (tertiary/aromatic N) is 3. The van der Waals surface area contributed by atoms with Gasteiger partial charge in [-0.15, -0.1) is 0 Å². The first-order chi connectivity index (χ1) is 21.4. The predicted molar refractivity (Wildman–Crippen MR) is 171 cm³/mol. The van der Waals surface area contributed by atoms with Crippen molar-refractivity contribution in [3.63, 3.8) is 0 Å². The van der Waals surface area contributed by atoms with E-state index < -0.39 is 11.2 Å². The molecule has 0 spiro atoms. The lowest BCUT2D eigenvalue weighted by atomic mass is 10.1. The summed E-state index contributed by atoms with van der Waals surface area (Å²) in [5.41, 5.74) is 4.85. The van der Waals surface area contributed by atoms with Crippen LogP contribution in [0.15, 0.2) is 113 Å². The van der Waals surface area contributed by atoms with E-state index in [0.29, 0.717) is 48.2 Å². The van der Waals surface area contributed by atoms with Gasteiger partial charge in [-0.2, -0.15) is 9.97 Å². The summed E-state index contributed by atoms with van der Waals surface area (Å²) in [5.74, 6) is 1.54. The van der Waals surface area contributed by atoms with Crippen molar-refractivity contribution in [2.75, 3.05) is 20.0 Å². The second-order valence-corrected chi connectivity index (χ2v) is 11.7. The molecule has 0 saturated carbocycles. The van der Waals surface area contributed by atoms with Gasteiger partial charge in [-0.05, 0) is 47.9 Å². The van der Waals surface area contributed by atoms with Gasteiger partial charge in [-0.1, -0.05) is 66.7 Å². The van der Waals surface area contributed by atoms with Crippen LogP contribution in [0.5, 0.6) is 11.5 Å². The van der Waals surface area contributed by atoms with Crippen molar-refractivity contribution in [2.24, 2.45) is 0 Å². The molecule has 5 aromatic rings. The largest absolute Gasteiger partial charge is 0.609 e. The minimum atomic E-state index is -1.46. The summed E-state index contributed by atoms with van der Waals surface area (Å²) in [5, 5.41) is 0.257. The molecule has 5 rings (SSSR count). The van der Waals surface area contributed by atoms with Crippen molar-refractivity contribution in [1.29, 1.82) is 0 Å². The van der Waals surface area contributed by atoms with Crippen molar-refractivity contribution < 1.29 is 18.8 Å². The number of hydrogen-bond acceptors (Lipinski definition) is 7. The smallest absolute Gasteiger partial charge is 0.343 e. The first kappa shape index (κ1) is 31.0. The van der Waals surface area contributed by atoms with E-state index in [1.807, 2.05) is 91.9 Å². The summed E-state index contributed by atoms with van der Waals surface area (Å²) in [7, 11) is 3.16. The fourth-order valence-corrected chi connectivity index (χ4v) is 5.92. The molecule has 0 N–H and O–H groups in total. The minimum absolute atomic E-state index is 0.152. The molecule has 0 saturated heterocycles. The van der Waals surface area contributed by atoms with Crippen LogP contribution in [-0.4, -0.2) is 39.1 Å². The van der Waals surface area contributed by atoms with Crippen LogP contribution in [0.4, 0.5) is 0 Å². The van der Waals surface area contributed by atoms with E-state index >= 15 is 0 Å². The summed E-state index contributed by atoms with van der Waals surface area (Å²) >= 11 is -1.46. The highest BCUT2D eigenvalue weighted by Crippen LogP contribution is 2.28. The van der Waals surface area contributed by atoms with E-state index in [-0.39, 0.29) is 16.8 Å². The third-order valence-electron chi connectivity index (χ3n) is 7.15. The standard InChI is InChI=1S/C35H35N3O5S/c1-25-20-30(29-15-17-34(39)38(23-29)22-27-14-16-32(41-2)33(21-27)42-3)37-35(36-25)44(40)19-18-31(28-12-8-5-9-13-28)43-24-26-10-6-4-7-11-26/h4-17,20-21,23,31H,18-19,22,24H2,1-3H3. The lowest BCUT2D eigenvalue weighted by Crippen LogP contribution is -2.19. The van der Waals surface area contributed by atoms with Crippen LogP contribution < -0.4 is 15.0 Å². The van der Waals surface area contributed by atoms with Crippen molar-refractivity contribution in [3.05, 3.63) is 136 Å². The van der Waals surface area contributed by atoms with E-state index in [9.17, 15) is 9.35 Å². The van der Waals surface area contributed by atoms with Crippen LogP contribution >= 0.6 is 0 Å². The lowest BCUT2D eigenvalue weighted by Gasteiger charge is -2.19. The molecule has 2 aromatic heterocycles. The van der Waals surface area contributed by atoms with Crippen molar-refractivity contribution in [3.8, 4) is 22.8 Å². The number of pyridine rings is 1. The molecule has 2 unspecified atom stereocenters. The SMILES string of the molecule is COc1ccc(Cn2cc(-c3cc(C)nc([S+]([O-])CCC(OCc4ccccc4)c4ccccc4)n3)ccc2=O)cc1OC. The highest BCUT2D eigenvalue weighted by molar-refractivity contribution is 7.91. The van der Waals surface area contributed by atoms with Crippen LogP contribution in [0.3, 0.4) is 0 Å². The number of ether oxygens (including phenoxy) is 3. The van der Waals surface area contributed by atoms with Crippen molar-refractivity contribution in [2.45, 2.75) is 37.8 Å². The highest BCUT2D eigenvalue weighted by Gasteiger charge is 2.22. The highest BCUT2D eigenvalue weighted by atomic mass is 32.2. The summed E-state index contributed by atoms with van der Waals surface area (Å²) in [4.78, 5) is 21.9. The molecule has 0 fully saturated rings. The van der Waals surface area contributed by atoms with Gasteiger partial charge in [0.15, 0.2) is 11.5 Å². The third-order valence-corrected chi connectivity index (χ3v) is 8.34. The number of aromatic nitrogens is 3. The molecule has 0 aliphatic carbocycles. The predicted octanol–water partition coefficient (Wildman–Crippen LogP) is 6.14. The van der Waals surface area contributed by atoms with Crippen LogP contribution in [0, 0.1) is 6.92 Å². The topological polar surface area (TPSA) is 98.5 Å². The maximum absolute atomic E-state index is 13.5. The molecule has 2 heterocycles. The molecule has 3 aromatic carbocycles. The molecule has 0 bridgehead atoms. The molecule has 9 heteroatoms. The molecule has 0 amide bonds. The van der Waals surface area contributed by atoms with Gasteiger partial charge >= 0.3 is 5.16 Å². The zero-order chi connectivity index (χ0) is 30.9. The molecule has 0 aliphatic rings. The van der Waals surface area contributed by atoms with Gasteiger partial charge in [0, 0.05) is 41.1 Å². The van der Waals surface area contributed by atoms with E-state index in [1.54, 1.807) is 31.0 Å². The Morgan fingerprint density at radius 2 is 1.57 bits per heavy atom. The van der Waals surface area contributed by atoms with Gasteiger partial charge in [-0.3, -0.25) is 4.79 Å². The zero-order valence-corrected chi connectivity index (χ0v) is 25.8. The Hall–Kier alpha value is -4.44. The van der Waals surface area contributed by atoms with Crippen molar-refractivity contribution in [1.82, 2.24) is 14.5 Å². The summed E-state index contributed by atoms with van der Waals surface area (Å²) in [6, 6.07) is 30.6. The van der Waals surface area contributed by atoms with E-state index in [4.69, 9.17) is 14.2 Å². The van der Waals surface area contributed by atoms with Gasteiger partial charge in [0.25, 0.3) is 5.56 Å². The van der Waals surface area contributed by atoms with Gasteiger partial charge in [0.2, 0.25) is 0 Å². The Balaban J connectivity index is 1.33. The number of methoxy groups -OCH3 is 2. The molecule has 226 valence electrons. The number of aryl methyl sites for hydroxylation is 1. The lowest BCUT2D eigenvalue weighted by molar-refractivity contribution is 0.0376. The Morgan fingerprint density at radius 1 is 0.841 bits per heavy atom. The van der Waals surface area contributed by atoms with Crippen LogP contribution in [0.1, 0.15) is 34.9 Å². The summed E-state index contributed by atoms with van der Waals surface area (Å²) in [6.07, 6.45) is 2.06. The van der Waals surface area contributed by atoms with E-state index in [0.717, 1.165) is 22.3 Å². The average molecular weight is 610 g/mol. The average Bonchev–Trinajstić information content (AvgIpc) is 3.06. The number of benzene rings is 3. The normalized spacial score (nSPS) is 12.5. The molecule has 0 radical (unpaired) electrons.